The minimum atomic E-state index is 0.193. The second kappa shape index (κ2) is 2.92. The molecular formula is C16H27N. The van der Waals surface area contributed by atoms with Crippen LogP contribution in [0.4, 0.5) is 0 Å². The first kappa shape index (κ1) is 10.8. The average molecular weight is 233 g/mol. The molecule has 0 aromatic rings. The Morgan fingerprint density at radius 3 is 1.71 bits per heavy atom. The van der Waals surface area contributed by atoms with E-state index >= 15 is 0 Å². The lowest BCUT2D eigenvalue weighted by atomic mass is 9.48. The Bertz CT molecular complexity index is 321. The van der Waals surface area contributed by atoms with Crippen LogP contribution in [0.5, 0.6) is 0 Å². The molecule has 17 heavy (non-hydrogen) atoms. The second-order valence-corrected chi connectivity index (χ2v) is 8.81. The maximum atomic E-state index is 6.65. The molecule has 1 nitrogen and oxygen atoms in total. The van der Waals surface area contributed by atoms with Crippen LogP contribution in [-0.4, -0.2) is 5.54 Å². The summed E-state index contributed by atoms with van der Waals surface area (Å²) in [5.41, 5.74) is 7.94. The molecule has 0 saturated heterocycles. The van der Waals surface area contributed by atoms with Crippen molar-refractivity contribution in [2.75, 3.05) is 0 Å². The molecule has 0 heterocycles. The minimum absolute atomic E-state index is 0.193. The third kappa shape index (κ3) is 1.47. The molecule has 5 aliphatic carbocycles. The van der Waals surface area contributed by atoms with Gasteiger partial charge >= 0.3 is 0 Å². The highest BCUT2D eigenvalue weighted by Gasteiger charge is 2.63. The molecule has 5 saturated carbocycles. The molecule has 4 bridgehead atoms. The van der Waals surface area contributed by atoms with Gasteiger partial charge < -0.3 is 5.73 Å². The minimum Gasteiger partial charge on any atom is -0.325 e. The number of nitrogens with two attached hydrogens (primary N) is 1. The largest absolute Gasteiger partial charge is 0.325 e. The Hall–Kier alpha value is -0.0400. The van der Waals surface area contributed by atoms with E-state index in [4.69, 9.17) is 5.73 Å². The fourth-order valence-electron chi connectivity index (χ4n) is 6.22. The van der Waals surface area contributed by atoms with Gasteiger partial charge in [0, 0.05) is 5.54 Å². The smallest absolute Gasteiger partial charge is 0.0217 e. The lowest BCUT2D eigenvalue weighted by Crippen LogP contribution is -2.49. The van der Waals surface area contributed by atoms with E-state index in [0.29, 0.717) is 10.8 Å². The van der Waals surface area contributed by atoms with E-state index in [9.17, 15) is 0 Å². The van der Waals surface area contributed by atoms with Gasteiger partial charge in [0.2, 0.25) is 0 Å². The van der Waals surface area contributed by atoms with Crippen LogP contribution in [-0.2, 0) is 0 Å². The molecule has 0 radical (unpaired) electrons. The van der Waals surface area contributed by atoms with Crippen molar-refractivity contribution in [1.82, 2.24) is 0 Å². The molecule has 5 aliphatic rings. The summed E-state index contributed by atoms with van der Waals surface area (Å²) in [5.74, 6) is 3.23. The molecule has 1 heteroatoms. The van der Waals surface area contributed by atoms with Crippen molar-refractivity contribution in [1.29, 1.82) is 0 Å². The van der Waals surface area contributed by atoms with Crippen LogP contribution in [0.2, 0.25) is 0 Å². The van der Waals surface area contributed by atoms with Gasteiger partial charge in [0.1, 0.15) is 0 Å². The summed E-state index contributed by atoms with van der Waals surface area (Å²) in [4.78, 5) is 0. The quantitative estimate of drug-likeness (QED) is 0.773. The number of hydrogen-bond donors (Lipinski definition) is 1. The van der Waals surface area contributed by atoms with Crippen LogP contribution in [0.3, 0.4) is 0 Å². The zero-order chi connectivity index (χ0) is 11.9. The Balaban J connectivity index is 1.58. The predicted octanol–water partition coefficient (Wildman–Crippen LogP) is 3.72. The highest BCUT2D eigenvalue weighted by Crippen LogP contribution is 2.67. The van der Waals surface area contributed by atoms with Gasteiger partial charge in [-0.25, -0.2) is 0 Å². The van der Waals surface area contributed by atoms with E-state index in [1.807, 2.05) is 0 Å². The highest BCUT2D eigenvalue weighted by atomic mass is 14.9. The SMILES string of the molecule is CC1(C)CC1(N)CC12CC3CC(CC(C3)C1)C2. The Labute approximate surface area is 106 Å². The summed E-state index contributed by atoms with van der Waals surface area (Å²) in [5, 5.41) is 0. The summed E-state index contributed by atoms with van der Waals surface area (Å²) >= 11 is 0. The van der Waals surface area contributed by atoms with Gasteiger partial charge in [0.15, 0.2) is 0 Å². The first-order chi connectivity index (χ1) is 7.90. The molecule has 96 valence electrons. The normalized spacial score (nSPS) is 58.4. The van der Waals surface area contributed by atoms with Crippen molar-refractivity contribution in [3.63, 3.8) is 0 Å². The maximum absolute atomic E-state index is 6.65. The molecule has 2 N–H and O–H groups in total. The summed E-state index contributed by atoms with van der Waals surface area (Å²) < 4.78 is 0. The summed E-state index contributed by atoms with van der Waals surface area (Å²) in [6, 6.07) is 0. The number of hydrogen-bond acceptors (Lipinski definition) is 1. The molecule has 1 atom stereocenters. The van der Waals surface area contributed by atoms with Crippen molar-refractivity contribution in [3.8, 4) is 0 Å². The van der Waals surface area contributed by atoms with E-state index < -0.39 is 0 Å². The lowest BCUT2D eigenvalue weighted by Gasteiger charge is -2.58. The highest BCUT2D eigenvalue weighted by molar-refractivity contribution is 5.18. The monoisotopic (exact) mass is 233 g/mol. The van der Waals surface area contributed by atoms with E-state index in [0.717, 1.165) is 17.8 Å². The Morgan fingerprint density at radius 1 is 0.941 bits per heavy atom. The van der Waals surface area contributed by atoms with Crippen molar-refractivity contribution in [2.45, 2.75) is 70.8 Å². The molecule has 0 aromatic heterocycles. The van der Waals surface area contributed by atoms with Crippen molar-refractivity contribution in [3.05, 3.63) is 0 Å². The first-order valence-corrected chi connectivity index (χ1v) is 7.69. The zero-order valence-corrected chi connectivity index (χ0v) is 11.5. The molecule has 0 amide bonds. The summed E-state index contributed by atoms with van der Waals surface area (Å²) in [6.07, 6.45) is 11.8. The Morgan fingerprint density at radius 2 is 1.35 bits per heavy atom. The van der Waals surface area contributed by atoms with Crippen molar-refractivity contribution >= 4 is 0 Å². The third-order valence-electron chi connectivity index (χ3n) is 6.84. The molecule has 0 spiro atoms. The number of rotatable bonds is 2. The summed E-state index contributed by atoms with van der Waals surface area (Å²) in [6.45, 7) is 4.74. The zero-order valence-electron chi connectivity index (χ0n) is 11.5. The third-order valence-corrected chi connectivity index (χ3v) is 6.84. The van der Waals surface area contributed by atoms with Crippen molar-refractivity contribution in [2.24, 2.45) is 34.3 Å². The molecular weight excluding hydrogens is 206 g/mol. The molecule has 5 fully saturated rings. The predicted molar refractivity (Wildman–Crippen MR) is 70.5 cm³/mol. The fourth-order valence-corrected chi connectivity index (χ4v) is 6.22. The van der Waals surface area contributed by atoms with Gasteiger partial charge in [-0.1, -0.05) is 13.8 Å². The first-order valence-electron chi connectivity index (χ1n) is 7.69. The van der Waals surface area contributed by atoms with Gasteiger partial charge in [-0.05, 0) is 80.0 Å². The lowest BCUT2D eigenvalue weighted by molar-refractivity contribution is -0.0635. The van der Waals surface area contributed by atoms with Crippen molar-refractivity contribution < 1.29 is 0 Å². The van der Waals surface area contributed by atoms with Gasteiger partial charge in [0.05, 0.1) is 0 Å². The summed E-state index contributed by atoms with van der Waals surface area (Å²) in [7, 11) is 0. The average Bonchev–Trinajstić information content (AvgIpc) is 2.59. The maximum Gasteiger partial charge on any atom is 0.0217 e. The van der Waals surface area contributed by atoms with Crippen LogP contribution in [0.1, 0.15) is 65.2 Å². The van der Waals surface area contributed by atoms with Crippen LogP contribution in [0.15, 0.2) is 0 Å². The van der Waals surface area contributed by atoms with Gasteiger partial charge in [0.25, 0.3) is 0 Å². The standard InChI is InChI=1S/C16H27N/c1-14(2)9-16(14,17)10-15-6-11-3-12(7-15)5-13(4-11)8-15/h11-13H,3-10,17H2,1-2H3. The van der Waals surface area contributed by atoms with E-state index in [1.165, 1.54) is 32.1 Å². The van der Waals surface area contributed by atoms with Gasteiger partial charge in [-0.3, -0.25) is 0 Å². The molecule has 0 aliphatic heterocycles. The van der Waals surface area contributed by atoms with Gasteiger partial charge in [-0.15, -0.1) is 0 Å². The molecule has 0 aromatic carbocycles. The topological polar surface area (TPSA) is 26.0 Å². The van der Waals surface area contributed by atoms with Crippen LogP contribution in [0.25, 0.3) is 0 Å². The van der Waals surface area contributed by atoms with E-state index in [-0.39, 0.29) is 5.54 Å². The van der Waals surface area contributed by atoms with E-state index in [2.05, 4.69) is 13.8 Å². The molecule has 1 unspecified atom stereocenters. The second-order valence-electron chi connectivity index (χ2n) is 8.81. The van der Waals surface area contributed by atoms with Crippen LogP contribution in [0, 0.1) is 28.6 Å². The van der Waals surface area contributed by atoms with Crippen LogP contribution >= 0.6 is 0 Å². The fraction of sp³-hybridized carbons (Fsp3) is 1.00. The Kier molecular flexibility index (Phi) is 1.86. The van der Waals surface area contributed by atoms with Crippen LogP contribution < -0.4 is 5.73 Å². The van der Waals surface area contributed by atoms with E-state index in [1.54, 1.807) is 19.3 Å². The molecule has 5 rings (SSSR count). The van der Waals surface area contributed by atoms with Gasteiger partial charge in [-0.2, -0.15) is 0 Å².